The van der Waals surface area contributed by atoms with Crippen LogP contribution in [-0.2, 0) is 18.9 Å². The Morgan fingerprint density at radius 1 is 0.765 bits per heavy atom. The molecule has 0 atom stereocenters. The maximum absolute atomic E-state index is 5.35. The molecule has 0 aromatic carbocycles. The quantitative estimate of drug-likeness (QED) is 0.347. The average Bonchev–Trinajstić information content (AvgIpc) is 2.35. The summed E-state index contributed by atoms with van der Waals surface area (Å²) in [5.74, 6) is 0. The molecule has 0 aromatic rings. The lowest BCUT2D eigenvalue weighted by Gasteiger charge is -2.06. The van der Waals surface area contributed by atoms with Crippen molar-refractivity contribution in [3.63, 3.8) is 0 Å². The van der Waals surface area contributed by atoms with Gasteiger partial charge in [0, 0.05) is 6.61 Å². The molecule has 0 aliphatic carbocycles. The van der Waals surface area contributed by atoms with E-state index in [0.717, 1.165) is 13.0 Å². The Bertz CT molecular complexity index is 150. The zero-order valence-corrected chi connectivity index (χ0v) is 11.0. The summed E-state index contributed by atoms with van der Waals surface area (Å²) >= 11 is 0. The third kappa shape index (κ3) is 15.6. The highest BCUT2D eigenvalue weighted by molar-refractivity contribution is 4.63. The van der Waals surface area contributed by atoms with Crippen LogP contribution < -0.4 is 0 Å². The fourth-order valence-corrected chi connectivity index (χ4v) is 1.07. The lowest BCUT2D eigenvalue weighted by molar-refractivity contribution is 0.000648. The van der Waals surface area contributed by atoms with Gasteiger partial charge in [0.1, 0.15) is 0 Å². The highest BCUT2D eigenvalue weighted by Crippen LogP contribution is 1.88. The molecule has 0 aliphatic heterocycles. The van der Waals surface area contributed by atoms with Crippen molar-refractivity contribution < 1.29 is 18.9 Å². The van der Waals surface area contributed by atoms with Crippen LogP contribution in [0.15, 0.2) is 12.7 Å². The summed E-state index contributed by atoms with van der Waals surface area (Å²) in [5.41, 5.74) is 0. The molecule has 0 N–H and O–H groups in total. The maximum atomic E-state index is 5.35. The van der Waals surface area contributed by atoms with Gasteiger partial charge in [0.25, 0.3) is 0 Å². The molecule has 0 spiro atoms. The van der Waals surface area contributed by atoms with E-state index in [1.807, 2.05) is 0 Å². The van der Waals surface area contributed by atoms with Crippen LogP contribution in [0.5, 0.6) is 0 Å². The van der Waals surface area contributed by atoms with Crippen molar-refractivity contribution in [2.45, 2.75) is 19.8 Å². The predicted molar refractivity (Wildman–Crippen MR) is 68.4 cm³/mol. The molecule has 0 rings (SSSR count). The Hall–Kier alpha value is -0.420. The van der Waals surface area contributed by atoms with E-state index in [9.17, 15) is 0 Å². The predicted octanol–water partition coefficient (Wildman–Crippen LogP) is 2.04. The van der Waals surface area contributed by atoms with Crippen molar-refractivity contribution in [1.29, 1.82) is 0 Å². The van der Waals surface area contributed by atoms with Crippen molar-refractivity contribution in [2.24, 2.45) is 0 Å². The maximum Gasteiger partial charge on any atom is 0.0704 e. The molecular formula is C13H26O4. The first-order valence-electron chi connectivity index (χ1n) is 6.33. The normalized spacial score (nSPS) is 10.6. The third-order valence-electron chi connectivity index (χ3n) is 1.99. The van der Waals surface area contributed by atoms with Crippen LogP contribution in [0.25, 0.3) is 0 Å². The largest absolute Gasteiger partial charge is 0.379 e. The van der Waals surface area contributed by atoms with Crippen LogP contribution in [0, 0.1) is 0 Å². The van der Waals surface area contributed by atoms with E-state index in [1.54, 1.807) is 6.08 Å². The number of rotatable bonds is 14. The molecule has 0 heterocycles. The zero-order valence-electron chi connectivity index (χ0n) is 11.0. The molecule has 0 fully saturated rings. The van der Waals surface area contributed by atoms with Crippen LogP contribution in [0.1, 0.15) is 19.8 Å². The summed E-state index contributed by atoms with van der Waals surface area (Å²) in [6.45, 7) is 10.8. The molecule has 0 aromatic heterocycles. The van der Waals surface area contributed by atoms with Crippen molar-refractivity contribution in [1.82, 2.24) is 0 Å². The molecule has 0 bridgehead atoms. The van der Waals surface area contributed by atoms with Gasteiger partial charge in [-0.05, 0) is 6.42 Å². The lowest BCUT2D eigenvalue weighted by Crippen LogP contribution is -2.12. The molecular weight excluding hydrogens is 220 g/mol. The fourth-order valence-electron chi connectivity index (χ4n) is 1.07. The van der Waals surface area contributed by atoms with Gasteiger partial charge in [0.2, 0.25) is 0 Å². The van der Waals surface area contributed by atoms with Gasteiger partial charge in [-0.15, -0.1) is 6.58 Å². The fraction of sp³-hybridized carbons (Fsp3) is 0.846. The minimum atomic E-state index is 0.578. The van der Waals surface area contributed by atoms with Gasteiger partial charge in [0.05, 0.1) is 46.2 Å². The van der Waals surface area contributed by atoms with E-state index in [2.05, 4.69) is 13.5 Å². The summed E-state index contributed by atoms with van der Waals surface area (Å²) in [5, 5.41) is 0. The molecule has 17 heavy (non-hydrogen) atoms. The molecule has 102 valence electrons. The van der Waals surface area contributed by atoms with Crippen molar-refractivity contribution >= 4 is 0 Å². The summed E-state index contributed by atoms with van der Waals surface area (Å²) in [4.78, 5) is 0. The van der Waals surface area contributed by atoms with Crippen molar-refractivity contribution in [3.8, 4) is 0 Å². The average molecular weight is 246 g/mol. The Balaban J connectivity index is 2.87. The third-order valence-corrected chi connectivity index (χ3v) is 1.99. The molecule has 4 nitrogen and oxygen atoms in total. The van der Waals surface area contributed by atoms with E-state index in [-0.39, 0.29) is 0 Å². The highest BCUT2D eigenvalue weighted by Gasteiger charge is 1.91. The smallest absolute Gasteiger partial charge is 0.0704 e. The second kappa shape index (κ2) is 15.6. The van der Waals surface area contributed by atoms with Crippen molar-refractivity contribution in [3.05, 3.63) is 12.7 Å². The second-order valence-electron chi connectivity index (χ2n) is 3.55. The molecule has 4 heteroatoms. The van der Waals surface area contributed by atoms with E-state index in [4.69, 9.17) is 18.9 Å². The Morgan fingerprint density at radius 2 is 1.24 bits per heavy atom. The number of ether oxygens (including phenoxy) is 4. The van der Waals surface area contributed by atoms with Crippen molar-refractivity contribution in [2.75, 3.05) is 52.9 Å². The Labute approximate surface area is 105 Å². The molecule has 0 saturated carbocycles. The monoisotopic (exact) mass is 246 g/mol. The Morgan fingerprint density at radius 3 is 1.71 bits per heavy atom. The molecule has 0 unspecified atom stereocenters. The van der Waals surface area contributed by atoms with Gasteiger partial charge in [-0.3, -0.25) is 0 Å². The molecule has 0 amide bonds. The molecule has 0 radical (unpaired) electrons. The van der Waals surface area contributed by atoms with Gasteiger partial charge >= 0.3 is 0 Å². The van der Waals surface area contributed by atoms with Crippen LogP contribution in [0.4, 0.5) is 0 Å². The van der Waals surface area contributed by atoms with Gasteiger partial charge in [-0.25, -0.2) is 0 Å². The first-order chi connectivity index (χ1) is 8.41. The van der Waals surface area contributed by atoms with Gasteiger partial charge < -0.3 is 18.9 Å². The van der Waals surface area contributed by atoms with Gasteiger partial charge in [-0.1, -0.05) is 19.4 Å². The highest BCUT2D eigenvalue weighted by atomic mass is 16.6. The molecule has 0 aliphatic rings. The second-order valence-corrected chi connectivity index (χ2v) is 3.55. The number of hydrogen-bond donors (Lipinski definition) is 0. The zero-order chi connectivity index (χ0) is 12.6. The van der Waals surface area contributed by atoms with Gasteiger partial charge in [0.15, 0.2) is 0 Å². The minimum Gasteiger partial charge on any atom is -0.379 e. The summed E-state index contributed by atoms with van der Waals surface area (Å²) in [6.07, 6.45) is 4.01. The van der Waals surface area contributed by atoms with Crippen LogP contribution in [0.3, 0.4) is 0 Å². The first-order valence-corrected chi connectivity index (χ1v) is 6.33. The summed E-state index contributed by atoms with van der Waals surface area (Å²) in [7, 11) is 0. The van der Waals surface area contributed by atoms with Crippen LogP contribution >= 0.6 is 0 Å². The van der Waals surface area contributed by atoms with Gasteiger partial charge in [-0.2, -0.15) is 0 Å². The Kier molecular flexibility index (Phi) is 15.2. The number of unbranched alkanes of at least 4 members (excludes halogenated alkanes) is 1. The van der Waals surface area contributed by atoms with Crippen LogP contribution in [-0.4, -0.2) is 52.9 Å². The van der Waals surface area contributed by atoms with E-state index >= 15 is 0 Å². The van der Waals surface area contributed by atoms with E-state index < -0.39 is 0 Å². The minimum absolute atomic E-state index is 0.578. The van der Waals surface area contributed by atoms with E-state index in [1.165, 1.54) is 6.42 Å². The lowest BCUT2D eigenvalue weighted by atomic mass is 10.4. The number of hydrogen-bond acceptors (Lipinski definition) is 4. The summed E-state index contributed by atoms with van der Waals surface area (Å²) < 4.78 is 21.1. The standard InChI is InChI=1S/C13H26O4/c1-3-5-7-15-9-11-17-13-12-16-10-8-14-6-4-2/h4H,2-3,5-13H2,1H3. The summed E-state index contributed by atoms with van der Waals surface area (Å²) in [6, 6.07) is 0. The molecule has 0 saturated heterocycles. The first kappa shape index (κ1) is 16.6. The van der Waals surface area contributed by atoms with Crippen LogP contribution in [0.2, 0.25) is 0 Å². The van der Waals surface area contributed by atoms with E-state index in [0.29, 0.717) is 46.2 Å². The topological polar surface area (TPSA) is 36.9 Å². The SMILES string of the molecule is C=CCOCCOCCOCCOCCCC.